The summed E-state index contributed by atoms with van der Waals surface area (Å²) < 4.78 is 10.1. The zero-order valence-electron chi connectivity index (χ0n) is 8.44. The maximum atomic E-state index is 11.0. The van der Waals surface area contributed by atoms with E-state index in [1.165, 1.54) is 7.11 Å². The molecule has 0 bridgehead atoms. The highest BCUT2D eigenvalue weighted by molar-refractivity contribution is 6.67. The van der Waals surface area contributed by atoms with Crippen LogP contribution in [0.25, 0.3) is 11.5 Å². The number of rotatable bonds is 3. The fourth-order valence-electron chi connectivity index (χ4n) is 1.27. The molecule has 16 heavy (non-hydrogen) atoms. The van der Waals surface area contributed by atoms with Crippen LogP contribution in [0.3, 0.4) is 0 Å². The minimum Gasteiger partial charge on any atom is -0.467 e. The van der Waals surface area contributed by atoms with Gasteiger partial charge < -0.3 is 9.15 Å². The van der Waals surface area contributed by atoms with Crippen molar-refractivity contribution in [2.45, 2.75) is 0 Å². The Labute approximate surface area is 96.8 Å². The highest BCUT2D eigenvalue weighted by Gasteiger charge is 2.19. The summed E-state index contributed by atoms with van der Waals surface area (Å²) in [6, 6.07) is 9.18. The maximum absolute atomic E-state index is 11.0. The summed E-state index contributed by atoms with van der Waals surface area (Å²) in [4.78, 5) is 15.0. The second kappa shape index (κ2) is 4.37. The third-order valence-corrected chi connectivity index (χ3v) is 2.17. The molecule has 0 N–H and O–H groups in total. The first kappa shape index (κ1) is 10.7. The minimum absolute atomic E-state index is 0.0111. The van der Waals surface area contributed by atoms with Crippen LogP contribution in [0, 0.1) is 0 Å². The van der Waals surface area contributed by atoms with Gasteiger partial charge in [-0.3, -0.25) is 4.79 Å². The molecule has 5 heteroatoms. The summed E-state index contributed by atoms with van der Waals surface area (Å²) in [6.45, 7) is 0. The number of carbonyl (C=O) groups is 1. The van der Waals surface area contributed by atoms with E-state index in [0.717, 1.165) is 5.56 Å². The zero-order chi connectivity index (χ0) is 11.5. The van der Waals surface area contributed by atoms with Crippen LogP contribution in [0.15, 0.2) is 34.7 Å². The van der Waals surface area contributed by atoms with Gasteiger partial charge in [-0.15, -0.1) is 0 Å². The van der Waals surface area contributed by atoms with Crippen molar-refractivity contribution in [3.05, 3.63) is 36.0 Å². The second-order valence-electron chi connectivity index (χ2n) is 3.00. The number of ether oxygens (including phenoxy) is 1. The molecule has 2 aromatic rings. The van der Waals surface area contributed by atoms with E-state index in [2.05, 4.69) is 4.98 Å². The van der Waals surface area contributed by atoms with Gasteiger partial charge in [-0.2, -0.15) is 0 Å². The summed E-state index contributed by atoms with van der Waals surface area (Å²) >= 11 is 5.35. The van der Waals surface area contributed by atoms with Crippen molar-refractivity contribution >= 4 is 16.8 Å². The van der Waals surface area contributed by atoms with Gasteiger partial charge >= 0.3 is 5.95 Å². The molecule has 0 radical (unpaired) electrons. The highest BCUT2D eigenvalue weighted by Crippen LogP contribution is 2.27. The smallest absolute Gasteiger partial charge is 0.318 e. The van der Waals surface area contributed by atoms with Crippen LogP contribution in [-0.2, 0) is 0 Å². The van der Waals surface area contributed by atoms with Crippen molar-refractivity contribution in [3.63, 3.8) is 0 Å². The number of benzene rings is 1. The van der Waals surface area contributed by atoms with Crippen LogP contribution in [0.1, 0.15) is 10.5 Å². The van der Waals surface area contributed by atoms with Gasteiger partial charge in [0.1, 0.15) is 0 Å². The fourth-order valence-corrected chi connectivity index (χ4v) is 1.39. The van der Waals surface area contributed by atoms with Crippen molar-refractivity contribution in [1.29, 1.82) is 0 Å². The van der Waals surface area contributed by atoms with Gasteiger partial charge in [0.25, 0.3) is 5.24 Å². The Kier molecular flexibility index (Phi) is 2.92. The third-order valence-electron chi connectivity index (χ3n) is 1.99. The van der Waals surface area contributed by atoms with Gasteiger partial charge in [0.05, 0.1) is 7.11 Å². The van der Waals surface area contributed by atoms with Crippen LogP contribution < -0.4 is 4.74 Å². The minimum atomic E-state index is -0.706. The van der Waals surface area contributed by atoms with Crippen LogP contribution >= 0.6 is 11.6 Å². The quantitative estimate of drug-likeness (QED) is 0.771. The lowest BCUT2D eigenvalue weighted by molar-refractivity contribution is 0.107. The SMILES string of the molecule is COc1oc(-c2ccccc2)nc1C(=O)Cl. The molecule has 4 nitrogen and oxygen atoms in total. The Hall–Kier alpha value is -1.81. The standard InChI is InChI=1S/C11H8ClNO3/c1-15-11-8(9(12)14)13-10(16-11)7-5-3-2-4-6-7/h2-6H,1H3. The zero-order valence-corrected chi connectivity index (χ0v) is 9.19. The Morgan fingerprint density at radius 3 is 2.56 bits per heavy atom. The van der Waals surface area contributed by atoms with Crippen molar-refractivity contribution in [2.75, 3.05) is 7.11 Å². The number of aromatic nitrogens is 1. The molecule has 0 saturated carbocycles. The summed E-state index contributed by atoms with van der Waals surface area (Å²) in [6.07, 6.45) is 0. The number of hydrogen-bond donors (Lipinski definition) is 0. The summed E-state index contributed by atoms with van der Waals surface area (Å²) in [5.41, 5.74) is 0.744. The predicted molar refractivity (Wildman–Crippen MR) is 58.7 cm³/mol. The Bertz CT molecular complexity index is 507. The van der Waals surface area contributed by atoms with Crippen LogP contribution in [0.2, 0.25) is 0 Å². The maximum Gasteiger partial charge on any atom is 0.318 e. The van der Waals surface area contributed by atoms with E-state index in [-0.39, 0.29) is 11.6 Å². The molecule has 1 aromatic heterocycles. The van der Waals surface area contributed by atoms with Crippen LogP contribution in [-0.4, -0.2) is 17.3 Å². The monoisotopic (exact) mass is 237 g/mol. The average molecular weight is 238 g/mol. The summed E-state index contributed by atoms with van der Waals surface area (Å²) in [7, 11) is 1.39. The van der Waals surface area contributed by atoms with Gasteiger partial charge in [0.2, 0.25) is 11.6 Å². The molecule has 2 rings (SSSR count). The molecule has 0 aliphatic carbocycles. The molecule has 0 saturated heterocycles. The van der Waals surface area contributed by atoms with Crippen molar-refractivity contribution in [3.8, 4) is 17.4 Å². The predicted octanol–water partition coefficient (Wildman–Crippen LogP) is 2.73. The molecule has 0 amide bonds. The van der Waals surface area contributed by atoms with Crippen molar-refractivity contribution in [2.24, 2.45) is 0 Å². The first-order chi connectivity index (χ1) is 7.72. The Morgan fingerprint density at radius 1 is 1.38 bits per heavy atom. The van der Waals surface area contributed by atoms with Crippen molar-refractivity contribution in [1.82, 2.24) is 4.98 Å². The lowest BCUT2D eigenvalue weighted by Gasteiger charge is -1.93. The van der Waals surface area contributed by atoms with Gasteiger partial charge in [-0.05, 0) is 23.7 Å². The number of hydrogen-bond acceptors (Lipinski definition) is 4. The van der Waals surface area contributed by atoms with Gasteiger partial charge in [0.15, 0.2) is 0 Å². The molecule has 1 aromatic carbocycles. The largest absolute Gasteiger partial charge is 0.467 e. The van der Waals surface area contributed by atoms with E-state index in [9.17, 15) is 4.79 Å². The topological polar surface area (TPSA) is 52.3 Å². The van der Waals surface area contributed by atoms with Gasteiger partial charge in [0, 0.05) is 5.56 Å². The average Bonchev–Trinajstić information content (AvgIpc) is 2.74. The van der Waals surface area contributed by atoms with E-state index < -0.39 is 5.24 Å². The highest BCUT2D eigenvalue weighted by atomic mass is 35.5. The second-order valence-corrected chi connectivity index (χ2v) is 3.34. The number of methoxy groups -OCH3 is 1. The molecule has 0 unspecified atom stereocenters. The first-order valence-corrected chi connectivity index (χ1v) is 4.90. The third kappa shape index (κ3) is 1.92. The van der Waals surface area contributed by atoms with Gasteiger partial charge in [-0.1, -0.05) is 18.2 Å². The molecule has 1 heterocycles. The number of oxazole rings is 1. The normalized spacial score (nSPS) is 10.1. The summed E-state index contributed by atoms with van der Waals surface area (Å²) in [5, 5.41) is -0.706. The molecule has 0 atom stereocenters. The molecular weight excluding hydrogens is 230 g/mol. The molecule has 0 spiro atoms. The van der Waals surface area contributed by atoms with E-state index in [1.807, 2.05) is 30.3 Å². The number of carbonyl (C=O) groups excluding carboxylic acids is 1. The molecule has 0 aliphatic rings. The lowest BCUT2D eigenvalue weighted by Crippen LogP contribution is -1.93. The van der Waals surface area contributed by atoms with Crippen LogP contribution in [0.4, 0.5) is 0 Å². The Balaban J connectivity index is 2.48. The van der Waals surface area contributed by atoms with E-state index in [1.54, 1.807) is 0 Å². The Morgan fingerprint density at radius 2 is 2.06 bits per heavy atom. The molecule has 0 aliphatic heterocycles. The molecule has 82 valence electrons. The van der Waals surface area contributed by atoms with E-state index in [4.69, 9.17) is 20.8 Å². The summed E-state index contributed by atoms with van der Waals surface area (Å²) in [5.74, 6) is 0.334. The molecular formula is C11H8ClNO3. The number of nitrogens with zero attached hydrogens (tertiary/aromatic N) is 1. The fraction of sp³-hybridized carbons (Fsp3) is 0.0909. The van der Waals surface area contributed by atoms with Crippen LogP contribution in [0.5, 0.6) is 5.95 Å². The first-order valence-electron chi connectivity index (χ1n) is 4.52. The van der Waals surface area contributed by atoms with Crippen molar-refractivity contribution < 1.29 is 13.9 Å². The lowest BCUT2D eigenvalue weighted by atomic mass is 10.2. The van der Waals surface area contributed by atoms with E-state index in [0.29, 0.717) is 5.89 Å². The van der Waals surface area contributed by atoms with E-state index >= 15 is 0 Å². The van der Waals surface area contributed by atoms with Gasteiger partial charge in [-0.25, -0.2) is 4.98 Å². The number of halogens is 1. The molecule has 0 fully saturated rings.